The maximum atomic E-state index is 13.1. The van der Waals surface area contributed by atoms with Crippen molar-refractivity contribution in [3.05, 3.63) is 29.1 Å². The molecule has 0 aliphatic heterocycles. The summed E-state index contributed by atoms with van der Waals surface area (Å²) in [4.78, 5) is 8.19. The molecule has 2 aromatic rings. The summed E-state index contributed by atoms with van der Waals surface area (Å²) in [6, 6.07) is 0.203. The normalized spacial score (nSPS) is 23.6. The summed E-state index contributed by atoms with van der Waals surface area (Å²) in [5.74, 6) is 1.71. The lowest BCUT2D eigenvalue weighted by Gasteiger charge is -2.33. The predicted molar refractivity (Wildman–Crippen MR) is 110 cm³/mol. The molecule has 2 N–H and O–H groups in total. The van der Waals surface area contributed by atoms with Crippen molar-refractivity contribution in [1.29, 1.82) is 0 Å². The van der Waals surface area contributed by atoms with E-state index in [0.717, 1.165) is 31.5 Å². The molecule has 0 bridgehead atoms. The highest BCUT2D eigenvalue weighted by molar-refractivity contribution is 7.93. The SMILES string of the molecule is CO[C@H](c1ncc(Cl)cn1)[C@H](C)S(=O)(=O)Nc1nnc([C@H]2C[C@H](CO)C2)n1C1CC1. The summed E-state index contributed by atoms with van der Waals surface area (Å²) < 4.78 is 36.1. The number of rotatable bonds is 9. The van der Waals surface area contributed by atoms with Gasteiger partial charge in [0.15, 0.2) is 5.82 Å². The number of sulfonamides is 1. The molecule has 12 heteroatoms. The highest BCUT2D eigenvalue weighted by atomic mass is 35.5. The van der Waals surface area contributed by atoms with Crippen LogP contribution in [0.2, 0.25) is 5.02 Å². The zero-order chi connectivity index (χ0) is 21.5. The Morgan fingerprint density at radius 2 is 1.97 bits per heavy atom. The molecular weight excluding hydrogens is 432 g/mol. The molecule has 2 aliphatic rings. The third-order valence-corrected chi connectivity index (χ3v) is 7.68. The van der Waals surface area contributed by atoms with E-state index in [2.05, 4.69) is 24.9 Å². The van der Waals surface area contributed by atoms with Crippen LogP contribution in [0, 0.1) is 5.92 Å². The lowest BCUT2D eigenvalue weighted by molar-refractivity contribution is 0.0950. The molecule has 2 heterocycles. The summed E-state index contributed by atoms with van der Waals surface area (Å²) in [6.07, 6.45) is 5.52. The van der Waals surface area contributed by atoms with Gasteiger partial charge in [0.2, 0.25) is 16.0 Å². The summed E-state index contributed by atoms with van der Waals surface area (Å²) in [5, 5.41) is 17.1. The third kappa shape index (κ3) is 4.16. The van der Waals surface area contributed by atoms with Gasteiger partial charge in [0.25, 0.3) is 0 Å². The van der Waals surface area contributed by atoms with Crippen LogP contribution >= 0.6 is 11.6 Å². The molecule has 0 amide bonds. The molecule has 164 valence electrons. The number of ether oxygens (including phenoxy) is 1. The molecular formula is C18H25ClN6O4S. The second kappa shape index (κ2) is 8.37. The largest absolute Gasteiger partial charge is 0.396 e. The van der Waals surface area contributed by atoms with Crippen molar-refractivity contribution in [1.82, 2.24) is 24.7 Å². The first-order valence-electron chi connectivity index (χ1n) is 9.91. The average molecular weight is 457 g/mol. The fourth-order valence-corrected chi connectivity index (χ4v) is 5.03. The minimum Gasteiger partial charge on any atom is -0.396 e. The lowest BCUT2D eigenvalue weighted by Crippen LogP contribution is -2.33. The van der Waals surface area contributed by atoms with Crippen LogP contribution in [0.1, 0.15) is 62.3 Å². The Hall–Kier alpha value is -1.82. The number of nitrogens with one attached hydrogen (secondary N) is 1. The number of methoxy groups -OCH3 is 1. The van der Waals surface area contributed by atoms with E-state index in [1.54, 1.807) is 0 Å². The average Bonchev–Trinajstić information content (AvgIpc) is 3.44. The highest BCUT2D eigenvalue weighted by Gasteiger charge is 2.40. The first-order chi connectivity index (χ1) is 14.3. The van der Waals surface area contributed by atoms with Gasteiger partial charge in [0, 0.05) is 38.1 Å². The van der Waals surface area contributed by atoms with E-state index in [4.69, 9.17) is 16.3 Å². The van der Waals surface area contributed by atoms with Crippen molar-refractivity contribution in [3.63, 3.8) is 0 Å². The van der Waals surface area contributed by atoms with Crippen LogP contribution < -0.4 is 4.72 Å². The van der Waals surface area contributed by atoms with Gasteiger partial charge in [0.05, 0.1) is 5.02 Å². The van der Waals surface area contributed by atoms with Gasteiger partial charge in [-0.25, -0.2) is 18.4 Å². The van der Waals surface area contributed by atoms with Crippen molar-refractivity contribution < 1.29 is 18.3 Å². The van der Waals surface area contributed by atoms with Crippen LogP contribution in [-0.2, 0) is 14.8 Å². The van der Waals surface area contributed by atoms with Crippen LogP contribution in [0.25, 0.3) is 0 Å². The van der Waals surface area contributed by atoms with Crippen molar-refractivity contribution in [2.75, 3.05) is 18.4 Å². The smallest absolute Gasteiger partial charge is 0.240 e. The zero-order valence-corrected chi connectivity index (χ0v) is 18.3. The van der Waals surface area contributed by atoms with E-state index in [9.17, 15) is 13.5 Å². The van der Waals surface area contributed by atoms with Crippen molar-refractivity contribution in [2.24, 2.45) is 5.92 Å². The maximum absolute atomic E-state index is 13.1. The summed E-state index contributed by atoms with van der Waals surface area (Å²) >= 11 is 5.82. The Kier molecular flexibility index (Phi) is 5.97. The molecule has 0 aromatic carbocycles. The van der Waals surface area contributed by atoms with E-state index in [1.165, 1.54) is 26.4 Å². The van der Waals surface area contributed by atoms with Gasteiger partial charge in [-0.15, -0.1) is 10.2 Å². The lowest BCUT2D eigenvalue weighted by atomic mass is 9.75. The first-order valence-corrected chi connectivity index (χ1v) is 11.8. The molecule has 0 unspecified atom stereocenters. The maximum Gasteiger partial charge on any atom is 0.240 e. The van der Waals surface area contributed by atoms with Crippen LogP contribution in [-0.4, -0.2) is 57.2 Å². The highest BCUT2D eigenvalue weighted by Crippen LogP contribution is 2.46. The van der Waals surface area contributed by atoms with Crippen molar-refractivity contribution >= 4 is 27.6 Å². The molecule has 4 rings (SSSR count). The Morgan fingerprint density at radius 1 is 1.30 bits per heavy atom. The molecule has 0 spiro atoms. The topological polar surface area (TPSA) is 132 Å². The number of aliphatic hydroxyl groups excluding tert-OH is 1. The molecule has 2 aliphatic carbocycles. The van der Waals surface area contributed by atoms with Gasteiger partial charge in [-0.05, 0) is 38.5 Å². The number of hydrogen-bond acceptors (Lipinski definition) is 8. The molecule has 0 saturated heterocycles. The molecule has 10 nitrogen and oxygen atoms in total. The van der Waals surface area contributed by atoms with E-state index in [0.29, 0.717) is 5.02 Å². The van der Waals surface area contributed by atoms with Gasteiger partial charge in [-0.3, -0.25) is 9.29 Å². The Labute approximate surface area is 180 Å². The molecule has 2 fully saturated rings. The van der Waals surface area contributed by atoms with Crippen LogP contribution in [0.4, 0.5) is 5.95 Å². The van der Waals surface area contributed by atoms with E-state index in [1.807, 2.05) is 4.57 Å². The number of aromatic nitrogens is 5. The van der Waals surface area contributed by atoms with E-state index < -0.39 is 21.4 Å². The number of halogens is 1. The van der Waals surface area contributed by atoms with Gasteiger partial charge in [0.1, 0.15) is 17.2 Å². The Balaban J connectivity index is 1.55. The van der Waals surface area contributed by atoms with Crippen LogP contribution in [0.5, 0.6) is 0 Å². The minimum atomic E-state index is -3.88. The molecule has 2 saturated carbocycles. The van der Waals surface area contributed by atoms with Gasteiger partial charge < -0.3 is 9.84 Å². The molecule has 0 radical (unpaired) electrons. The standard InChI is InChI=1S/C18H25ClN6O4S/c1-10(15(29-2)16-20-7-13(19)8-21-16)30(27,28)24-18-23-22-17(25(18)14-3-4-14)12-5-11(6-12)9-26/h7-8,10-12,14-15,26H,3-6,9H2,1-2H3,(H,23,24)/t10-,11-,12-,15-/m0/s1. The number of anilines is 1. The van der Waals surface area contributed by atoms with Crippen molar-refractivity contribution in [3.8, 4) is 0 Å². The number of aliphatic hydroxyl groups is 1. The predicted octanol–water partition coefficient (Wildman–Crippen LogP) is 2.06. The monoisotopic (exact) mass is 456 g/mol. The second-order valence-corrected chi connectivity index (χ2v) is 10.4. The molecule has 2 atom stereocenters. The van der Waals surface area contributed by atoms with Gasteiger partial charge in [-0.2, -0.15) is 0 Å². The minimum absolute atomic E-state index is 0.163. The van der Waals surface area contributed by atoms with Crippen LogP contribution in [0.3, 0.4) is 0 Å². The first kappa shape index (κ1) is 21.4. The fraction of sp³-hybridized carbons (Fsp3) is 0.667. The van der Waals surface area contributed by atoms with Crippen molar-refractivity contribution in [2.45, 2.75) is 55.9 Å². The number of hydrogen-bond donors (Lipinski definition) is 2. The van der Waals surface area contributed by atoms with Gasteiger partial charge in [-0.1, -0.05) is 11.6 Å². The molecule has 30 heavy (non-hydrogen) atoms. The number of nitrogens with zero attached hydrogens (tertiary/aromatic N) is 5. The Morgan fingerprint density at radius 3 is 2.53 bits per heavy atom. The molecule has 2 aromatic heterocycles. The van der Waals surface area contributed by atoms with E-state index in [-0.39, 0.29) is 36.3 Å². The summed E-state index contributed by atoms with van der Waals surface area (Å²) in [6.45, 7) is 1.70. The van der Waals surface area contributed by atoms with Crippen LogP contribution in [0.15, 0.2) is 12.4 Å². The fourth-order valence-electron chi connectivity index (χ4n) is 3.80. The van der Waals surface area contributed by atoms with E-state index >= 15 is 0 Å². The zero-order valence-electron chi connectivity index (χ0n) is 16.8. The third-order valence-electron chi connectivity index (χ3n) is 5.79. The Bertz CT molecular complexity index is 989. The quantitative estimate of drug-likeness (QED) is 0.585. The second-order valence-electron chi connectivity index (χ2n) is 7.97. The summed E-state index contributed by atoms with van der Waals surface area (Å²) in [5.41, 5.74) is 0. The van der Waals surface area contributed by atoms with Gasteiger partial charge >= 0.3 is 0 Å². The summed E-state index contributed by atoms with van der Waals surface area (Å²) in [7, 11) is -2.47.